The molecule has 0 bridgehead atoms. The molecule has 0 spiro atoms. The molecule has 3 N–H and O–H groups in total. The van der Waals surface area contributed by atoms with Crippen LogP contribution in [0.4, 0.5) is 0 Å². The molecule has 1 rings (SSSR count). The summed E-state index contributed by atoms with van der Waals surface area (Å²) >= 11 is 0. The fourth-order valence-corrected chi connectivity index (χ4v) is 2.28. The summed E-state index contributed by atoms with van der Waals surface area (Å²) in [6.07, 6.45) is -0.813. The molecule has 0 saturated heterocycles. The minimum absolute atomic E-state index is 0.107. The van der Waals surface area contributed by atoms with Gasteiger partial charge in [0, 0.05) is 6.54 Å². The smallest absolute Gasteiger partial charge is 0.335 e. The van der Waals surface area contributed by atoms with E-state index in [4.69, 9.17) is 10.2 Å². The summed E-state index contributed by atoms with van der Waals surface area (Å²) in [6, 6.07) is 5.00. The molecule has 0 aliphatic carbocycles. The lowest BCUT2D eigenvalue weighted by Crippen LogP contribution is -2.30. The van der Waals surface area contributed by atoms with Crippen LogP contribution in [0.1, 0.15) is 17.3 Å². The minimum atomic E-state index is -3.78. The Hall–Kier alpha value is -1.44. The highest BCUT2D eigenvalue weighted by Crippen LogP contribution is 2.11. The topological polar surface area (TPSA) is 104 Å². The van der Waals surface area contributed by atoms with E-state index in [0.717, 1.165) is 6.07 Å². The number of benzene rings is 1. The van der Waals surface area contributed by atoms with E-state index in [-0.39, 0.29) is 17.0 Å². The highest BCUT2D eigenvalue weighted by molar-refractivity contribution is 7.89. The van der Waals surface area contributed by atoms with Crippen molar-refractivity contribution in [3.05, 3.63) is 29.8 Å². The second-order valence-electron chi connectivity index (χ2n) is 3.53. The minimum Gasteiger partial charge on any atom is -0.478 e. The third-order valence-electron chi connectivity index (χ3n) is 1.96. The van der Waals surface area contributed by atoms with Crippen molar-refractivity contribution >= 4 is 16.0 Å². The Morgan fingerprint density at radius 3 is 2.65 bits per heavy atom. The molecule has 0 saturated carbocycles. The number of aromatic carboxylic acids is 1. The van der Waals surface area contributed by atoms with Crippen LogP contribution in [-0.2, 0) is 10.0 Å². The SMILES string of the molecule is CC(O)CNS(=O)(=O)c1cccc(C(=O)O)c1. The fraction of sp³-hybridized carbons (Fsp3) is 0.300. The second kappa shape index (κ2) is 5.26. The molecule has 1 atom stereocenters. The molecular formula is C10H13NO5S. The lowest BCUT2D eigenvalue weighted by atomic mass is 10.2. The maximum Gasteiger partial charge on any atom is 0.335 e. The molecule has 0 amide bonds. The van der Waals surface area contributed by atoms with Crippen LogP contribution in [0.15, 0.2) is 29.2 Å². The molecule has 1 aromatic rings. The van der Waals surface area contributed by atoms with Crippen LogP contribution in [0.25, 0.3) is 0 Å². The monoisotopic (exact) mass is 259 g/mol. The van der Waals surface area contributed by atoms with Gasteiger partial charge in [0.05, 0.1) is 16.6 Å². The molecule has 6 nitrogen and oxygen atoms in total. The molecule has 0 fully saturated rings. The van der Waals surface area contributed by atoms with Crippen molar-refractivity contribution in [3.63, 3.8) is 0 Å². The Kier molecular flexibility index (Phi) is 4.22. The van der Waals surface area contributed by atoms with Gasteiger partial charge in [0.15, 0.2) is 0 Å². The number of aliphatic hydroxyl groups is 1. The van der Waals surface area contributed by atoms with E-state index in [2.05, 4.69) is 4.72 Å². The number of carboxylic acid groups (broad SMARTS) is 1. The number of hydrogen-bond acceptors (Lipinski definition) is 4. The third-order valence-corrected chi connectivity index (χ3v) is 3.38. The Balaban J connectivity index is 2.99. The molecule has 1 unspecified atom stereocenters. The van der Waals surface area contributed by atoms with Crippen LogP contribution < -0.4 is 4.72 Å². The van der Waals surface area contributed by atoms with Crippen molar-refractivity contribution in [1.82, 2.24) is 4.72 Å². The van der Waals surface area contributed by atoms with Crippen LogP contribution >= 0.6 is 0 Å². The highest BCUT2D eigenvalue weighted by atomic mass is 32.2. The quantitative estimate of drug-likeness (QED) is 0.693. The third kappa shape index (κ3) is 3.81. The molecule has 7 heteroatoms. The predicted octanol–water partition coefficient (Wildman–Crippen LogP) is 0.0439. The molecule has 0 aromatic heterocycles. The second-order valence-corrected chi connectivity index (χ2v) is 5.30. The average Bonchev–Trinajstić information content (AvgIpc) is 2.27. The van der Waals surface area contributed by atoms with Gasteiger partial charge in [0.2, 0.25) is 10.0 Å². The van der Waals surface area contributed by atoms with Crippen LogP contribution in [-0.4, -0.2) is 37.2 Å². The number of carboxylic acids is 1. The van der Waals surface area contributed by atoms with Crippen molar-refractivity contribution in [2.45, 2.75) is 17.9 Å². The van der Waals surface area contributed by atoms with Crippen molar-refractivity contribution in [2.75, 3.05) is 6.54 Å². The first-order chi connectivity index (χ1) is 7.83. The summed E-state index contributed by atoms with van der Waals surface area (Å²) in [5.41, 5.74) is -0.107. The molecular weight excluding hydrogens is 246 g/mol. The Labute approximate surface area is 99.0 Å². The van der Waals surface area contributed by atoms with Gasteiger partial charge in [-0.1, -0.05) is 6.07 Å². The van der Waals surface area contributed by atoms with Gasteiger partial charge in [-0.2, -0.15) is 0 Å². The summed E-state index contributed by atoms with van der Waals surface area (Å²) in [6.45, 7) is 1.32. The summed E-state index contributed by atoms with van der Waals surface area (Å²) in [7, 11) is -3.78. The maximum atomic E-state index is 11.7. The van der Waals surface area contributed by atoms with Crippen molar-refractivity contribution < 1.29 is 23.4 Å². The molecule has 0 radical (unpaired) electrons. The van der Waals surface area contributed by atoms with Gasteiger partial charge in [-0.15, -0.1) is 0 Å². The lowest BCUT2D eigenvalue weighted by Gasteiger charge is -2.08. The lowest BCUT2D eigenvalue weighted by molar-refractivity contribution is 0.0696. The largest absolute Gasteiger partial charge is 0.478 e. The van der Waals surface area contributed by atoms with Gasteiger partial charge in [0.25, 0.3) is 0 Å². The normalized spacial score (nSPS) is 13.3. The fourth-order valence-electron chi connectivity index (χ4n) is 1.11. The van der Waals surface area contributed by atoms with Gasteiger partial charge in [0.1, 0.15) is 0 Å². The van der Waals surface area contributed by atoms with Gasteiger partial charge in [-0.25, -0.2) is 17.9 Å². The number of aliphatic hydroxyl groups excluding tert-OH is 1. The Morgan fingerprint density at radius 1 is 1.47 bits per heavy atom. The van der Waals surface area contributed by atoms with Crippen LogP contribution in [0, 0.1) is 0 Å². The first-order valence-electron chi connectivity index (χ1n) is 4.84. The summed E-state index contributed by atoms with van der Waals surface area (Å²) in [5, 5.41) is 17.7. The molecule has 0 aliphatic heterocycles. The predicted molar refractivity (Wildman–Crippen MR) is 60.3 cm³/mol. The van der Waals surface area contributed by atoms with Gasteiger partial charge in [-0.05, 0) is 25.1 Å². The molecule has 1 aromatic carbocycles. The van der Waals surface area contributed by atoms with Gasteiger partial charge < -0.3 is 10.2 Å². The Morgan fingerprint density at radius 2 is 2.12 bits per heavy atom. The van der Waals surface area contributed by atoms with E-state index in [0.29, 0.717) is 0 Å². The highest BCUT2D eigenvalue weighted by Gasteiger charge is 2.16. The van der Waals surface area contributed by atoms with Gasteiger partial charge in [-0.3, -0.25) is 0 Å². The first-order valence-corrected chi connectivity index (χ1v) is 6.32. The maximum absolute atomic E-state index is 11.7. The standard InChI is InChI=1S/C10H13NO5S/c1-7(12)6-11-17(15,16)9-4-2-3-8(5-9)10(13)14/h2-5,7,11-12H,6H2,1H3,(H,13,14). The van der Waals surface area contributed by atoms with Crippen LogP contribution in [0.2, 0.25) is 0 Å². The molecule has 94 valence electrons. The van der Waals surface area contributed by atoms with E-state index in [1.807, 2.05) is 0 Å². The zero-order chi connectivity index (χ0) is 13.1. The number of carbonyl (C=O) groups is 1. The molecule has 0 heterocycles. The zero-order valence-corrected chi connectivity index (χ0v) is 9.94. The summed E-state index contributed by atoms with van der Waals surface area (Å²) in [5.74, 6) is -1.20. The average molecular weight is 259 g/mol. The van der Waals surface area contributed by atoms with E-state index in [1.165, 1.54) is 25.1 Å². The summed E-state index contributed by atoms with van der Waals surface area (Å²) < 4.78 is 25.6. The Bertz CT molecular complexity index is 509. The molecule has 17 heavy (non-hydrogen) atoms. The number of rotatable bonds is 5. The summed E-state index contributed by atoms with van der Waals surface area (Å²) in [4.78, 5) is 10.6. The molecule has 0 aliphatic rings. The van der Waals surface area contributed by atoms with E-state index < -0.39 is 22.1 Å². The zero-order valence-electron chi connectivity index (χ0n) is 9.12. The van der Waals surface area contributed by atoms with E-state index in [9.17, 15) is 13.2 Å². The number of sulfonamides is 1. The van der Waals surface area contributed by atoms with Crippen molar-refractivity contribution in [1.29, 1.82) is 0 Å². The van der Waals surface area contributed by atoms with E-state index in [1.54, 1.807) is 0 Å². The van der Waals surface area contributed by atoms with E-state index >= 15 is 0 Å². The van der Waals surface area contributed by atoms with Crippen molar-refractivity contribution in [3.8, 4) is 0 Å². The number of nitrogens with one attached hydrogen (secondary N) is 1. The first kappa shape index (κ1) is 13.6. The van der Waals surface area contributed by atoms with Crippen LogP contribution in [0.5, 0.6) is 0 Å². The number of hydrogen-bond donors (Lipinski definition) is 3. The van der Waals surface area contributed by atoms with Crippen LogP contribution in [0.3, 0.4) is 0 Å². The van der Waals surface area contributed by atoms with Gasteiger partial charge >= 0.3 is 5.97 Å². The van der Waals surface area contributed by atoms with Crippen molar-refractivity contribution in [2.24, 2.45) is 0 Å².